The molecule has 1 heterocycles. The number of nitrogens with zero attached hydrogens (tertiary/aromatic N) is 2. The SMILES string of the molecule is CNc1ncc(C#CCS)cn1. The van der Waals surface area contributed by atoms with Crippen LogP contribution in [0.4, 0.5) is 5.95 Å². The Kier molecular flexibility index (Phi) is 3.42. The van der Waals surface area contributed by atoms with Crippen LogP contribution < -0.4 is 5.32 Å². The van der Waals surface area contributed by atoms with Crippen molar-refractivity contribution in [1.82, 2.24) is 9.97 Å². The number of anilines is 1. The first-order valence-electron chi connectivity index (χ1n) is 3.46. The maximum atomic E-state index is 4.00. The van der Waals surface area contributed by atoms with Gasteiger partial charge in [0, 0.05) is 19.4 Å². The molecule has 0 saturated heterocycles. The average Bonchev–Trinajstić information content (AvgIpc) is 2.15. The van der Waals surface area contributed by atoms with Crippen LogP contribution in [0.3, 0.4) is 0 Å². The molecule has 0 unspecified atom stereocenters. The summed E-state index contributed by atoms with van der Waals surface area (Å²) in [5.41, 5.74) is 0.808. The van der Waals surface area contributed by atoms with E-state index in [0.717, 1.165) is 5.56 Å². The van der Waals surface area contributed by atoms with Crippen LogP contribution in [0.2, 0.25) is 0 Å². The second kappa shape index (κ2) is 4.62. The molecule has 0 atom stereocenters. The first kappa shape index (κ1) is 8.88. The van der Waals surface area contributed by atoms with Gasteiger partial charge in [0.25, 0.3) is 0 Å². The van der Waals surface area contributed by atoms with E-state index in [-0.39, 0.29) is 0 Å². The van der Waals surface area contributed by atoms with E-state index in [1.54, 1.807) is 19.4 Å². The third kappa shape index (κ3) is 2.44. The van der Waals surface area contributed by atoms with Crippen LogP contribution in [0.1, 0.15) is 5.56 Å². The van der Waals surface area contributed by atoms with Crippen molar-refractivity contribution in [2.45, 2.75) is 0 Å². The van der Waals surface area contributed by atoms with E-state index in [1.165, 1.54) is 0 Å². The van der Waals surface area contributed by atoms with Crippen molar-refractivity contribution in [3.63, 3.8) is 0 Å². The lowest BCUT2D eigenvalue weighted by molar-refractivity contribution is 1.14. The Hall–Kier alpha value is -1.21. The Labute approximate surface area is 77.0 Å². The van der Waals surface area contributed by atoms with Crippen LogP contribution in [0.5, 0.6) is 0 Å². The normalized spacial score (nSPS) is 8.50. The molecule has 0 bridgehead atoms. The van der Waals surface area contributed by atoms with Gasteiger partial charge in [-0.2, -0.15) is 12.6 Å². The molecule has 12 heavy (non-hydrogen) atoms. The van der Waals surface area contributed by atoms with Gasteiger partial charge in [-0.3, -0.25) is 0 Å². The molecule has 3 nitrogen and oxygen atoms in total. The molecule has 1 N–H and O–H groups in total. The largest absolute Gasteiger partial charge is 0.357 e. The molecule has 62 valence electrons. The molecular formula is C8H9N3S. The van der Waals surface area contributed by atoms with Gasteiger partial charge in [0.1, 0.15) is 0 Å². The van der Waals surface area contributed by atoms with Crippen LogP contribution in [0, 0.1) is 11.8 Å². The lowest BCUT2D eigenvalue weighted by atomic mass is 10.3. The third-order valence-electron chi connectivity index (χ3n) is 1.19. The fourth-order valence-electron chi connectivity index (χ4n) is 0.663. The molecular weight excluding hydrogens is 170 g/mol. The van der Waals surface area contributed by atoms with Gasteiger partial charge >= 0.3 is 0 Å². The predicted octanol–water partition coefficient (Wildman–Crippen LogP) is 0.800. The van der Waals surface area contributed by atoms with Crippen LogP contribution in [-0.4, -0.2) is 22.8 Å². The smallest absolute Gasteiger partial charge is 0.222 e. The number of nitrogens with one attached hydrogen (secondary N) is 1. The second-order valence-corrected chi connectivity index (χ2v) is 2.32. The number of thiol groups is 1. The van der Waals surface area contributed by atoms with Gasteiger partial charge in [0.15, 0.2) is 0 Å². The summed E-state index contributed by atoms with van der Waals surface area (Å²) < 4.78 is 0. The molecule has 0 amide bonds. The minimum Gasteiger partial charge on any atom is -0.357 e. The molecule has 0 aliphatic carbocycles. The molecule has 0 saturated carbocycles. The lowest BCUT2D eigenvalue weighted by Crippen LogP contribution is -1.95. The zero-order chi connectivity index (χ0) is 8.81. The number of aromatic nitrogens is 2. The highest BCUT2D eigenvalue weighted by atomic mass is 32.1. The van der Waals surface area contributed by atoms with Crippen molar-refractivity contribution < 1.29 is 0 Å². The number of rotatable bonds is 1. The molecule has 1 aromatic heterocycles. The second-order valence-electron chi connectivity index (χ2n) is 2.01. The van der Waals surface area contributed by atoms with Crippen LogP contribution >= 0.6 is 12.6 Å². The van der Waals surface area contributed by atoms with E-state index < -0.39 is 0 Å². The molecule has 0 aliphatic heterocycles. The fraction of sp³-hybridized carbons (Fsp3) is 0.250. The van der Waals surface area contributed by atoms with Gasteiger partial charge in [-0.05, 0) is 0 Å². The summed E-state index contributed by atoms with van der Waals surface area (Å²) >= 11 is 3.96. The van der Waals surface area contributed by atoms with Gasteiger partial charge in [0.2, 0.25) is 5.95 Å². The minimum atomic E-state index is 0.549. The van der Waals surface area contributed by atoms with Crippen molar-refractivity contribution in [2.75, 3.05) is 18.1 Å². The maximum Gasteiger partial charge on any atom is 0.222 e. The van der Waals surface area contributed by atoms with Gasteiger partial charge in [0.05, 0.1) is 11.3 Å². The van der Waals surface area contributed by atoms with Gasteiger partial charge in [-0.15, -0.1) is 0 Å². The lowest BCUT2D eigenvalue weighted by Gasteiger charge is -1.94. The number of hydrogen-bond donors (Lipinski definition) is 2. The Balaban J connectivity index is 2.78. The minimum absolute atomic E-state index is 0.549. The predicted molar refractivity (Wildman–Crippen MR) is 52.3 cm³/mol. The van der Waals surface area contributed by atoms with Crippen molar-refractivity contribution in [2.24, 2.45) is 0 Å². The summed E-state index contributed by atoms with van der Waals surface area (Å²) in [6.45, 7) is 0. The summed E-state index contributed by atoms with van der Waals surface area (Å²) in [7, 11) is 1.77. The molecule has 0 radical (unpaired) electrons. The molecule has 4 heteroatoms. The quantitative estimate of drug-likeness (QED) is 0.494. The van der Waals surface area contributed by atoms with Crippen molar-refractivity contribution >= 4 is 18.6 Å². The van der Waals surface area contributed by atoms with E-state index in [2.05, 4.69) is 39.8 Å². The van der Waals surface area contributed by atoms with E-state index in [0.29, 0.717) is 11.7 Å². The highest BCUT2D eigenvalue weighted by Gasteiger charge is 1.90. The number of hydrogen-bond acceptors (Lipinski definition) is 4. The third-order valence-corrected chi connectivity index (χ3v) is 1.35. The Morgan fingerprint density at radius 1 is 1.50 bits per heavy atom. The van der Waals surface area contributed by atoms with Gasteiger partial charge in [-0.1, -0.05) is 11.8 Å². The van der Waals surface area contributed by atoms with Crippen molar-refractivity contribution in [1.29, 1.82) is 0 Å². The molecule has 0 spiro atoms. The molecule has 1 aromatic rings. The monoisotopic (exact) mass is 179 g/mol. The molecule has 1 rings (SSSR count). The summed E-state index contributed by atoms with van der Waals surface area (Å²) in [5.74, 6) is 6.83. The summed E-state index contributed by atoms with van der Waals surface area (Å²) in [6.07, 6.45) is 3.35. The standard InChI is InChI=1S/C8H9N3S/c1-9-8-10-5-7(6-11-8)3-2-4-12/h5-6,12H,4H2,1H3,(H,9,10,11). The zero-order valence-electron chi connectivity index (χ0n) is 6.70. The highest BCUT2D eigenvalue weighted by molar-refractivity contribution is 7.80. The van der Waals surface area contributed by atoms with E-state index >= 15 is 0 Å². The van der Waals surface area contributed by atoms with E-state index in [4.69, 9.17) is 0 Å². The maximum absolute atomic E-state index is 4.00. The Morgan fingerprint density at radius 3 is 2.67 bits per heavy atom. The topological polar surface area (TPSA) is 37.8 Å². The zero-order valence-corrected chi connectivity index (χ0v) is 7.60. The van der Waals surface area contributed by atoms with Crippen LogP contribution in [0.25, 0.3) is 0 Å². The summed E-state index contributed by atoms with van der Waals surface area (Å²) in [4.78, 5) is 8.00. The summed E-state index contributed by atoms with van der Waals surface area (Å²) in [6, 6.07) is 0. The van der Waals surface area contributed by atoms with E-state index in [1.807, 2.05) is 0 Å². The van der Waals surface area contributed by atoms with Crippen molar-refractivity contribution in [3.8, 4) is 11.8 Å². The molecule has 0 aromatic carbocycles. The first-order chi connectivity index (χ1) is 5.86. The van der Waals surface area contributed by atoms with Gasteiger partial charge < -0.3 is 5.32 Å². The Bertz CT molecular complexity index is 296. The van der Waals surface area contributed by atoms with Crippen molar-refractivity contribution in [3.05, 3.63) is 18.0 Å². The average molecular weight is 179 g/mol. The Morgan fingerprint density at radius 2 is 2.17 bits per heavy atom. The highest BCUT2D eigenvalue weighted by Crippen LogP contribution is 1.96. The molecule has 0 aliphatic rings. The van der Waals surface area contributed by atoms with Crippen LogP contribution in [-0.2, 0) is 0 Å². The molecule has 0 fully saturated rings. The van der Waals surface area contributed by atoms with Crippen LogP contribution in [0.15, 0.2) is 12.4 Å². The van der Waals surface area contributed by atoms with Gasteiger partial charge in [-0.25, -0.2) is 9.97 Å². The fourth-order valence-corrected chi connectivity index (χ4v) is 0.742. The first-order valence-corrected chi connectivity index (χ1v) is 4.09. The summed E-state index contributed by atoms with van der Waals surface area (Å²) in [5, 5.41) is 2.82. The van der Waals surface area contributed by atoms with E-state index in [9.17, 15) is 0 Å².